The van der Waals surface area contributed by atoms with Gasteiger partial charge in [-0.15, -0.1) is 0 Å². The smallest absolute Gasteiger partial charge is 0.0594 e. The average Bonchev–Trinajstić information content (AvgIpc) is 3.07. The molecule has 0 bridgehead atoms. The molecule has 1 unspecified atom stereocenters. The van der Waals surface area contributed by atoms with Crippen LogP contribution >= 0.6 is 11.6 Å². The minimum atomic E-state index is 0.323. The number of H-pyrrole nitrogens is 1. The number of aromatic nitrogens is 2. The fourth-order valence-electron chi connectivity index (χ4n) is 2.76. The van der Waals surface area contributed by atoms with E-state index >= 15 is 0 Å². The molecule has 2 heterocycles. The second-order valence-corrected chi connectivity index (χ2v) is 5.86. The quantitative estimate of drug-likeness (QED) is 0.857. The Morgan fingerprint density at radius 3 is 2.68 bits per heavy atom. The normalized spacial score (nSPS) is 17.5. The lowest BCUT2D eigenvalue weighted by molar-refractivity contribution is 0.0161. The van der Waals surface area contributed by atoms with Crippen molar-refractivity contribution in [3.05, 3.63) is 52.8 Å². The van der Waals surface area contributed by atoms with Gasteiger partial charge in [0, 0.05) is 49.1 Å². The number of rotatable bonds is 6. The Labute approximate surface area is 135 Å². The summed E-state index contributed by atoms with van der Waals surface area (Å²) in [6.07, 6.45) is 1.77. The number of morpholine rings is 1. The highest BCUT2D eigenvalue weighted by atomic mass is 35.5. The summed E-state index contributed by atoms with van der Waals surface area (Å²) in [5, 5.41) is 11.2. The lowest BCUT2D eigenvalue weighted by atomic mass is 10.0. The first kappa shape index (κ1) is 15.5. The summed E-state index contributed by atoms with van der Waals surface area (Å²) in [5.74, 6) is 0. The molecule has 1 aromatic heterocycles. The molecular weight excluding hydrogens is 300 g/mol. The molecule has 1 aliphatic heterocycles. The zero-order valence-corrected chi connectivity index (χ0v) is 13.2. The van der Waals surface area contributed by atoms with Gasteiger partial charge in [0.2, 0.25) is 0 Å². The van der Waals surface area contributed by atoms with E-state index in [4.69, 9.17) is 16.3 Å². The molecule has 2 aromatic rings. The van der Waals surface area contributed by atoms with Crippen LogP contribution in [0, 0.1) is 0 Å². The summed E-state index contributed by atoms with van der Waals surface area (Å²) in [5.41, 5.74) is 2.38. The zero-order chi connectivity index (χ0) is 15.2. The van der Waals surface area contributed by atoms with E-state index in [1.54, 1.807) is 6.20 Å². The highest BCUT2D eigenvalue weighted by molar-refractivity contribution is 6.30. The minimum Gasteiger partial charge on any atom is -0.379 e. The van der Waals surface area contributed by atoms with Crippen molar-refractivity contribution < 1.29 is 4.74 Å². The summed E-state index contributed by atoms with van der Waals surface area (Å²) >= 11 is 6.01. The topological polar surface area (TPSA) is 53.2 Å². The van der Waals surface area contributed by atoms with E-state index < -0.39 is 0 Å². The van der Waals surface area contributed by atoms with Crippen molar-refractivity contribution in [1.82, 2.24) is 20.4 Å². The van der Waals surface area contributed by atoms with Gasteiger partial charge in [-0.05, 0) is 23.8 Å². The van der Waals surface area contributed by atoms with Crippen molar-refractivity contribution in [1.29, 1.82) is 0 Å². The molecule has 3 rings (SSSR count). The molecule has 5 nitrogen and oxygen atoms in total. The Bertz CT molecular complexity index is 552. The van der Waals surface area contributed by atoms with Gasteiger partial charge in [0.25, 0.3) is 0 Å². The van der Waals surface area contributed by atoms with Crippen LogP contribution in [-0.4, -0.2) is 47.9 Å². The molecule has 22 heavy (non-hydrogen) atoms. The minimum absolute atomic E-state index is 0.323. The zero-order valence-electron chi connectivity index (χ0n) is 12.5. The first-order chi connectivity index (χ1) is 10.8. The van der Waals surface area contributed by atoms with Crippen LogP contribution in [0.3, 0.4) is 0 Å². The third kappa shape index (κ3) is 4.08. The monoisotopic (exact) mass is 320 g/mol. The van der Waals surface area contributed by atoms with Crippen molar-refractivity contribution >= 4 is 11.6 Å². The molecule has 1 fully saturated rings. The van der Waals surface area contributed by atoms with Crippen LogP contribution in [0.2, 0.25) is 5.02 Å². The predicted molar refractivity (Wildman–Crippen MR) is 86.9 cm³/mol. The number of halogens is 1. The highest BCUT2D eigenvalue weighted by Gasteiger charge is 2.22. The van der Waals surface area contributed by atoms with Gasteiger partial charge in [0.05, 0.1) is 13.2 Å². The van der Waals surface area contributed by atoms with Crippen LogP contribution in [0.4, 0.5) is 0 Å². The Hall–Kier alpha value is -1.40. The van der Waals surface area contributed by atoms with Crippen molar-refractivity contribution in [2.45, 2.75) is 12.6 Å². The summed E-state index contributed by atoms with van der Waals surface area (Å²) in [7, 11) is 0. The van der Waals surface area contributed by atoms with E-state index in [1.807, 2.05) is 18.2 Å². The van der Waals surface area contributed by atoms with E-state index in [1.165, 1.54) is 5.56 Å². The molecule has 0 amide bonds. The summed E-state index contributed by atoms with van der Waals surface area (Å²) in [4.78, 5) is 2.46. The Morgan fingerprint density at radius 1 is 1.23 bits per heavy atom. The molecular formula is C16H21ClN4O. The molecule has 118 valence electrons. The number of benzene rings is 1. The van der Waals surface area contributed by atoms with Gasteiger partial charge in [-0.1, -0.05) is 23.7 Å². The number of hydrogen-bond acceptors (Lipinski definition) is 4. The maximum absolute atomic E-state index is 6.01. The van der Waals surface area contributed by atoms with Gasteiger partial charge in [0.15, 0.2) is 0 Å². The lowest BCUT2D eigenvalue weighted by Gasteiger charge is -2.35. The SMILES string of the molecule is Clc1ccc(C(CNCc2ccn[nH]2)N2CCOCC2)cc1. The molecule has 1 atom stereocenters. The molecule has 6 heteroatoms. The van der Waals surface area contributed by atoms with E-state index in [2.05, 4.69) is 32.5 Å². The van der Waals surface area contributed by atoms with Crippen molar-refractivity contribution in [3.8, 4) is 0 Å². The van der Waals surface area contributed by atoms with Crippen LogP contribution in [0.15, 0.2) is 36.5 Å². The summed E-state index contributed by atoms with van der Waals surface area (Å²) in [6.45, 7) is 5.17. The number of ether oxygens (including phenoxy) is 1. The average molecular weight is 321 g/mol. The second-order valence-electron chi connectivity index (χ2n) is 5.43. The van der Waals surface area contributed by atoms with Crippen molar-refractivity contribution in [3.63, 3.8) is 0 Å². The Kier molecular flexibility index (Phi) is 5.45. The van der Waals surface area contributed by atoms with Crippen LogP contribution in [0.25, 0.3) is 0 Å². The van der Waals surface area contributed by atoms with Crippen LogP contribution in [0.5, 0.6) is 0 Å². The van der Waals surface area contributed by atoms with Crippen molar-refractivity contribution in [2.75, 3.05) is 32.8 Å². The highest BCUT2D eigenvalue weighted by Crippen LogP contribution is 2.23. The van der Waals surface area contributed by atoms with E-state index in [0.29, 0.717) is 6.04 Å². The first-order valence-electron chi connectivity index (χ1n) is 7.59. The van der Waals surface area contributed by atoms with Gasteiger partial charge in [-0.25, -0.2) is 0 Å². The molecule has 2 N–H and O–H groups in total. The third-order valence-corrected chi connectivity index (χ3v) is 4.20. The van der Waals surface area contributed by atoms with Crippen molar-refractivity contribution in [2.24, 2.45) is 0 Å². The van der Waals surface area contributed by atoms with Gasteiger partial charge < -0.3 is 10.1 Å². The molecule has 0 saturated carbocycles. The van der Waals surface area contributed by atoms with Gasteiger partial charge in [-0.2, -0.15) is 5.10 Å². The lowest BCUT2D eigenvalue weighted by Crippen LogP contribution is -2.42. The summed E-state index contributed by atoms with van der Waals surface area (Å²) < 4.78 is 5.47. The largest absolute Gasteiger partial charge is 0.379 e. The molecule has 0 radical (unpaired) electrons. The maximum Gasteiger partial charge on any atom is 0.0594 e. The van der Waals surface area contributed by atoms with E-state index in [9.17, 15) is 0 Å². The summed E-state index contributed by atoms with van der Waals surface area (Å²) in [6, 6.07) is 10.4. The van der Waals surface area contributed by atoms with E-state index in [0.717, 1.165) is 50.1 Å². The second kappa shape index (κ2) is 7.74. The molecule has 0 spiro atoms. The number of hydrogen-bond donors (Lipinski definition) is 2. The van der Waals surface area contributed by atoms with E-state index in [-0.39, 0.29) is 0 Å². The third-order valence-electron chi connectivity index (χ3n) is 3.95. The maximum atomic E-state index is 6.01. The molecule has 0 aliphatic carbocycles. The fourth-order valence-corrected chi connectivity index (χ4v) is 2.88. The number of nitrogens with one attached hydrogen (secondary N) is 2. The van der Waals surface area contributed by atoms with Gasteiger partial charge >= 0.3 is 0 Å². The number of aromatic amines is 1. The van der Waals surface area contributed by atoms with Gasteiger partial charge in [0.1, 0.15) is 0 Å². The number of nitrogens with zero attached hydrogens (tertiary/aromatic N) is 2. The van der Waals surface area contributed by atoms with Gasteiger partial charge in [-0.3, -0.25) is 10.00 Å². The van der Waals surface area contributed by atoms with Crippen LogP contribution in [-0.2, 0) is 11.3 Å². The molecule has 1 aromatic carbocycles. The standard InChI is InChI=1S/C16H21ClN4O/c17-14-3-1-13(2-4-14)16(21-7-9-22-10-8-21)12-18-11-15-5-6-19-20-15/h1-6,16,18H,7-12H2,(H,19,20). The first-order valence-corrected chi connectivity index (χ1v) is 7.97. The van der Waals surface area contributed by atoms with Crippen LogP contribution in [0.1, 0.15) is 17.3 Å². The Balaban J connectivity index is 1.66. The Morgan fingerprint density at radius 2 is 2.00 bits per heavy atom. The molecule has 1 aliphatic rings. The fraction of sp³-hybridized carbons (Fsp3) is 0.438. The molecule has 1 saturated heterocycles. The predicted octanol–water partition coefficient (Wildman–Crippen LogP) is 2.23. The van der Waals surface area contributed by atoms with Crippen LogP contribution < -0.4 is 5.32 Å².